The van der Waals surface area contributed by atoms with E-state index in [9.17, 15) is 9.59 Å². The maximum atomic E-state index is 11.5. The van der Waals surface area contributed by atoms with E-state index in [2.05, 4.69) is 10.1 Å². The number of ether oxygens (including phenoxy) is 1. The van der Waals surface area contributed by atoms with Gasteiger partial charge in [-0.15, -0.1) is 5.10 Å². The van der Waals surface area contributed by atoms with Crippen LogP contribution >= 0.6 is 0 Å². The second kappa shape index (κ2) is 5.01. The van der Waals surface area contributed by atoms with E-state index in [0.29, 0.717) is 23.0 Å². The average Bonchev–Trinajstić information content (AvgIpc) is 2.71. The minimum Gasteiger partial charge on any atom is -0.426 e. The summed E-state index contributed by atoms with van der Waals surface area (Å²) in [6.45, 7) is 4.40. The van der Waals surface area contributed by atoms with Gasteiger partial charge < -0.3 is 4.74 Å². The fraction of sp³-hybridized carbons (Fsp3) is 0.231. The van der Waals surface area contributed by atoms with Crippen LogP contribution in [0.4, 0.5) is 0 Å². The highest BCUT2D eigenvalue weighted by molar-refractivity contribution is 5.82. The van der Waals surface area contributed by atoms with Gasteiger partial charge in [-0.1, -0.05) is 12.1 Å². The molecule has 0 aliphatic rings. The predicted octanol–water partition coefficient (Wildman–Crippen LogP) is 1.84. The van der Waals surface area contributed by atoms with Crippen LogP contribution < -0.4 is 4.74 Å². The van der Waals surface area contributed by atoms with Gasteiger partial charge in [0.1, 0.15) is 11.6 Å². The van der Waals surface area contributed by atoms with Crippen molar-refractivity contribution in [2.45, 2.75) is 20.8 Å². The number of hydrogen-bond acceptors (Lipinski definition) is 5. The van der Waals surface area contributed by atoms with Gasteiger partial charge in [0.05, 0.1) is 5.56 Å². The Morgan fingerprint density at radius 1 is 1.21 bits per heavy atom. The van der Waals surface area contributed by atoms with Crippen molar-refractivity contribution in [2.24, 2.45) is 0 Å². The number of nitrogens with zero attached hydrogens (tertiary/aromatic N) is 3. The van der Waals surface area contributed by atoms with Crippen LogP contribution in [-0.2, 0) is 4.79 Å². The smallest absolute Gasteiger partial charge is 0.308 e. The number of carbonyl (C=O) groups is 2. The zero-order valence-electron chi connectivity index (χ0n) is 10.9. The summed E-state index contributed by atoms with van der Waals surface area (Å²) in [5, 5.41) is 4.02. The molecule has 2 aromatic rings. The topological polar surface area (TPSA) is 74.1 Å². The zero-order chi connectivity index (χ0) is 14.0. The number of para-hydroxylation sites is 1. The maximum Gasteiger partial charge on any atom is 0.308 e. The van der Waals surface area contributed by atoms with E-state index in [1.165, 1.54) is 18.5 Å². The Labute approximate surface area is 110 Å². The van der Waals surface area contributed by atoms with E-state index in [0.717, 1.165) is 0 Å². The Morgan fingerprint density at radius 3 is 2.53 bits per heavy atom. The predicted molar refractivity (Wildman–Crippen MR) is 67.8 cm³/mol. The number of rotatable bonds is 2. The van der Waals surface area contributed by atoms with Gasteiger partial charge in [-0.25, -0.2) is 4.98 Å². The molecule has 0 radical (unpaired) electrons. The van der Waals surface area contributed by atoms with Crippen molar-refractivity contribution in [3.8, 4) is 17.1 Å². The number of aryl methyl sites for hydroxylation is 1. The van der Waals surface area contributed by atoms with Gasteiger partial charge in [0.2, 0.25) is 5.91 Å². The van der Waals surface area contributed by atoms with E-state index in [4.69, 9.17) is 4.74 Å². The number of benzene rings is 1. The van der Waals surface area contributed by atoms with Gasteiger partial charge in [0.15, 0.2) is 5.82 Å². The average molecular weight is 259 g/mol. The largest absolute Gasteiger partial charge is 0.426 e. The Kier molecular flexibility index (Phi) is 3.41. The fourth-order valence-corrected chi connectivity index (χ4v) is 1.70. The molecule has 2 rings (SSSR count). The van der Waals surface area contributed by atoms with Crippen molar-refractivity contribution in [1.82, 2.24) is 14.8 Å². The lowest BCUT2D eigenvalue weighted by Crippen LogP contribution is -2.10. The highest BCUT2D eigenvalue weighted by Crippen LogP contribution is 2.28. The molecule has 0 fully saturated rings. The van der Waals surface area contributed by atoms with Crippen molar-refractivity contribution in [3.05, 3.63) is 30.1 Å². The fourth-order valence-electron chi connectivity index (χ4n) is 1.70. The number of esters is 1. The summed E-state index contributed by atoms with van der Waals surface area (Å²) >= 11 is 0. The first-order valence-electron chi connectivity index (χ1n) is 5.71. The third-order valence-electron chi connectivity index (χ3n) is 2.39. The minimum atomic E-state index is -0.432. The number of aromatic nitrogens is 3. The molecule has 0 amide bonds. The first-order valence-corrected chi connectivity index (χ1v) is 5.71. The molecular weight excluding hydrogens is 246 g/mol. The molecule has 1 heterocycles. The highest BCUT2D eigenvalue weighted by Gasteiger charge is 2.17. The van der Waals surface area contributed by atoms with Gasteiger partial charge in [0.25, 0.3) is 0 Å². The van der Waals surface area contributed by atoms with E-state index in [1.807, 2.05) is 0 Å². The Morgan fingerprint density at radius 2 is 1.89 bits per heavy atom. The lowest BCUT2D eigenvalue weighted by Gasteiger charge is -2.08. The van der Waals surface area contributed by atoms with Crippen molar-refractivity contribution in [2.75, 3.05) is 0 Å². The van der Waals surface area contributed by atoms with Crippen LogP contribution in [0.1, 0.15) is 24.5 Å². The lowest BCUT2D eigenvalue weighted by molar-refractivity contribution is -0.131. The molecule has 98 valence electrons. The number of hydrogen-bond donors (Lipinski definition) is 0. The van der Waals surface area contributed by atoms with Crippen LogP contribution in [0.2, 0.25) is 0 Å². The SMILES string of the molecule is CC(=O)Oc1ccccc1-c1nc(C)nn1C(C)=O. The first-order chi connectivity index (χ1) is 8.99. The van der Waals surface area contributed by atoms with Crippen LogP contribution in [0.5, 0.6) is 5.75 Å². The van der Waals surface area contributed by atoms with Crippen LogP contribution in [0, 0.1) is 6.92 Å². The molecule has 6 nitrogen and oxygen atoms in total. The van der Waals surface area contributed by atoms with E-state index in [-0.39, 0.29) is 5.91 Å². The summed E-state index contributed by atoms with van der Waals surface area (Å²) in [7, 11) is 0. The van der Waals surface area contributed by atoms with Crippen LogP contribution in [0.15, 0.2) is 24.3 Å². The monoisotopic (exact) mass is 259 g/mol. The summed E-state index contributed by atoms with van der Waals surface area (Å²) < 4.78 is 6.30. The molecular formula is C13H13N3O3. The molecule has 0 unspecified atom stereocenters. The molecule has 6 heteroatoms. The summed E-state index contributed by atoms with van der Waals surface area (Å²) in [6.07, 6.45) is 0. The normalized spacial score (nSPS) is 10.3. The molecule has 0 saturated carbocycles. The van der Waals surface area contributed by atoms with Crippen LogP contribution in [0.3, 0.4) is 0 Å². The Balaban J connectivity index is 2.58. The second-order valence-electron chi connectivity index (χ2n) is 4.00. The van der Waals surface area contributed by atoms with Crippen LogP contribution in [0.25, 0.3) is 11.4 Å². The van der Waals surface area contributed by atoms with Crippen LogP contribution in [-0.4, -0.2) is 26.6 Å². The highest BCUT2D eigenvalue weighted by atomic mass is 16.5. The second-order valence-corrected chi connectivity index (χ2v) is 4.00. The molecule has 0 N–H and O–H groups in total. The van der Waals surface area contributed by atoms with Gasteiger partial charge >= 0.3 is 5.97 Å². The molecule has 1 aromatic carbocycles. The first kappa shape index (κ1) is 12.9. The Hall–Kier alpha value is -2.50. The van der Waals surface area contributed by atoms with Gasteiger partial charge in [0, 0.05) is 13.8 Å². The molecule has 0 atom stereocenters. The molecule has 19 heavy (non-hydrogen) atoms. The maximum absolute atomic E-state index is 11.5. The van der Waals surface area contributed by atoms with Crippen molar-refractivity contribution >= 4 is 11.9 Å². The van der Waals surface area contributed by atoms with Gasteiger partial charge in [-0.05, 0) is 19.1 Å². The third kappa shape index (κ3) is 2.67. The third-order valence-corrected chi connectivity index (χ3v) is 2.39. The quantitative estimate of drug-likeness (QED) is 0.607. The lowest BCUT2D eigenvalue weighted by atomic mass is 10.2. The number of carbonyl (C=O) groups excluding carboxylic acids is 2. The van der Waals surface area contributed by atoms with E-state index < -0.39 is 5.97 Å². The summed E-state index contributed by atoms with van der Waals surface area (Å²) in [5.74, 6) is 0.501. The summed E-state index contributed by atoms with van der Waals surface area (Å²) in [4.78, 5) is 26.8. The molecule has 0 saturated heterocycles. The van der Waals surface area contributed by atoms with E-state index in [1.54, 1.807) is 31.2 Å². The molecule has 0 aliphatic carbocycles. The standard InChI is InChI=1S/C13H13N3O3/c1-8-14-13(16(15-8)9(2)17)11-6-4-5-7-12(11)19-10(3)18/h4-7H,1-3H3. The van der Waals surface area contributed by atoms with Crippen molar-refractivity contribution < 1.29 is 14.3 Å². The molecule has 0 aliphatic heterocycles. The van der Waals surface area contributed by atoms with Crippen molar-refractivity contribution in [3.63, 3.8) is 0 Å². The van der Waals surface area contributed by atoms with E-state index >= 15 is 0 Å². The van der Waals surface area contributed by atoms with Gasteiger partial charge in [-0.2, -0.15) is 4.68 Å². The zero-order valence-corrected chi connectivity index (χ0v) is 10.9. The molecule has 1 aromatic heterocycles. The van der Waals surface area contributed by atoms with Gasteiger partial charge in [-0.3, -0.25) is 9.59 Å². The molecule has 0 bridgehead atoms. The summed E-state index contributed by atoms with van der Waals surface area (Å²) in [5.41, 5.74) is 0.550. The minimum absolute atomic E-state index is 0.256. The summed E-state index contributed by atoms with van der Waals surface area (Å²) in [6, 6.07) is 6.88. The Bertz CT molecular complexity index is 646. The molecule has 0 spiro atoms. The van der Waals surface area contributed by atoms with Crippen molar-refractivity contribution in [1.29, 1.82) is 0 Å².